The van der Waals surface area contributed by atoms with Gasteiger partial charge in [-0.2, -0.15) is 0 Å². The molecule has 0 spiro atoms. The summed E-state index contributed by atoms with van der Waals surface area (Å²) in [6, 6.07) is 7.19. The van der Waals surface area contributed by atoms with Crippen molar-refractivity contribution in [1.82, 2.24) is 5.32 Å². The van der Waals surface area contributed by atoms with Crippen LogP contribution in [-0.4, -0.2) is 6.54 Å². The minimum absolute atomic E-state index is 0.165. The van der Waals surface area contributed by atoms with E-state index >= 15 is 0 Å². The molecule has 1 N–H and O–H groups in total. The molecular formula is C14H22FN. The first-order valence-electron chi connectivity index (χ1n) is 6.17. The van der Waals surface area contributed by atoms with Crippen LogP contribution in [0.5, 0.6) is 0 Å². The van der Waals surface area contributed by atoms with E-state index < -0.39 is 0 Å². The molecule has 2 heteroatoms. The maximum atomic E-state index is 12.9. The molecule has 0 saturated carbocycles. The van der Waals surface area contributed by atoms with Crippen LogP contribution in [0.3, 0.4) is 0 Å². The van der Waals surface area contributed by atoms with Crippen molar-refractivity contribution < 1.29 is 4.39 Å². The monoisotopic (exact) mass is 223 g/mol. The van der Waals surface area contributed by atoms with E-state index in [4.69, 9.17) is 0 Å². The van der Waals surface area contributed by atoms with E-state index in [9.17, 15) is 4.39 Å². The molecule has 0 fully saturated rings. The van der Waals surface area contributed by atoms with Crippen LogP contribution in [-0.2, 0) is 0 Å². The van der Waals surface area contributed by atoms with Gasteiger partial charge in [0.2, 0.25) is 0 Å². The van der Waals surface area contributed by atoms with Gasteiger partial charge in [0, 0.05) is 6.04 Å². The second-order valence-corrected chi connectivity index (χ2v) is 4.35. The van der Waals surface area contributed by atoms with Crippen molar-refractivity contribution in [2.45, 2.75) is 39.7 Å². The molecular weight excluding hydrogens is 201 g/mol. The van der Waals surface area contributed by atoms with Crippen molar-refractivity contribution >= 4 is 0 Å². The Hall–Kier alpha value is -0.890. The molecule has 0 aliphatic heterocycles. The summed E-state index contributed by atoms with van der Waals surface area (Å²) in [4.78, 5) is 0. The van der Waals surface area contributed by atoms with Crippen LogP contribution in [0, 0.1) is 11.7 Å². The lowest BCUT2D eigenvalue weighted by Crippen LogP contribution is -2.26. The van der Waals surface area contributed by atoms with Gasteiger partial charge in [0.05, 0.1) is 0 Å². The van der Waals surface area contributed by atoms with Crippen molar-refractivity contribution in [2.24, 2.45) is 5.92 Å². The Morgan fingerprint density at radius 3 is 2.31 bits per heavy atom. The Morgan fingerprint density at radius 1 is 1.19 bits per heavy atom. The lowest BCUT2D eigenvalue weighted by atomic mass is 9.91. The summed E-state index contributed by atoms with van der Waals surface area (Å²) < 4.78 is 12.9. The minimum atomic E-state index is -0.165. The third-order valence-electron chi connectivity index (χ3n) is 2.97. The first kappa shape index (κ1) is 13.2. The van der Waals surface area contributed by atoms with Crippen LogP contribution >= 0.6 is 0 Å². The number of nitrogens with one attached hydrogen (secondary N) is 1. The average molecular weight is 223 g/mol. The Labute approximate surface area is 98.1 Å². The molecule has 0 heterocycles. The average Bonchev–Trinajstić information content (AvgIpc) is 2.28. The quantitative estimate of drug-likeness (QED) is 0.771. The molecule has 90 valence electrons. The summed E-state index contributed by atoms with van der Waals surface area (Å²) >= 11 is 0. The van der Waals surface area contributed by atoms with E-state index in [0.29, 0.717) is 12.0 Å². The van der Waals surface area contributed by atoms with Crippen LogP contribution in [0.1, 0.15) is 45.2 Å². The van der Waals surface area contributed by atoms with E-state index in [1.165, 1.54) is 18.4 Å². The van der Waals surface area contributed by atoms with E-state index in [2.05, 4.69) is 26.1 Å². The van der Waals surface area contributed by atoms with Crippen LogP contribution in [0.2, 0.25) is 0 Å². The third-order valence-corrected chi connectivity index (χ3v) is 2.97. The van der Waals surface area contributed by atoms with Crippen molar-refractivity contribution in [3.05, 3.63) is 35.6 Å². The lowest BCUT2D eigenvalue weighted by Gasteiger charge is -2.25. The number of halogens is 1. The molecule has 1 aromatic rings. The molecule has 0 aliphatic rings. The molecule has 0 radical (unpaired) electrons. The predicted molar refractivity (Wildman–Crippen MR) is 66.9 cm³/mol. The van der Waals surface area contributed by atoms with Crippen molar-refractivity contribution in [1.29, 1.82) is 0 Å². The Kier molecular flexibility index (Phi) is 5.47. The number of benzene rings is 1. The van der Waals surface area contributed by atoms with Gasteiger partial charge in [0.1, 0.15) is 5.82 Å². The van der Waals surface area contributed by atoms with Crippen LogP contribution < -0.4 is 5.32 Å². The highest BCUT2D eigenvalue weighted by molar-refractivity contribution is 5.20. The molecule has 0 aromatic heterocycles. The van der Waals surface area contributed by atoms with Crippen molar-refractivity contribution in [3.8, 4) is 0 Å². The van der Waals surface area contributed by atoms with E-state index in [1.54, 1.807) is 12.1 Å². The smallest absolute Gasteiger partial charge is 0.123 e. The molecule has 0 bridgehead atoms. The number of hydrogen-bond donors (Lipinski definition) is 1. The van der Waals surface area contributed by atoms with Gasteiger partial charge in [-0.15, -0.1) is 0 Å². The van der Waals surface area contributed by atoms with E-state index in [-0.39, 0.29) is 5.82 Å². The standard InChI is InChI=1S/C14H22FN/c1-4-6-11(3)14(16-5-2)12-7-9-13(15)10-8-12/h7-11,14,16H,4-6H2,1-3H3. The fraction of sp³-hybridized carbons (Fsp3) is 0.571. The van der Waals surface area contributed by atoms with Gasteiger partial charge < -0.3 is 5.32 Å². The molecule has 0 aliphatic carbocycles. The topological polar surface area (TPSA) is 12.0 Å². The van der Waals surface area contributed by atoms with Gasteiger partial charge in [-0.05, 0) is 36.6 Å². The highest BCUT2D eigenvalue weighted by Gasteiger charge is 2.17. The summed E-state index contributed by atoms with van der Waals surface area (Å²) in [7, 11) is 0. The van der Waals surface area contributed by atoms with Gasteiger partial charge in [-0.3, -0.25) is 0 Å². The fourth-order valence-corrected chi connectivity index (χ4v) is 2.16. The predicted octanol–water partition coefficient (Wildman–Crippen LogP) is 3.91. The summed E-state index contributed by atoms with van der Waals surface area (Å²) in [6.07, 6.45) is 2.37. The van der Waals surface area contributed by atoms with Gasteiger partial charge in [0.25, 0.3) is 0 Å². The second kappa shape index (κ2) is 6.64. The Bertz CT molecular complexity index is 294. The normalized spacial score (nSPS) is 14.8. The Morgan fingerprint density at radius 2 is 1.81 bits per heavy atom. The maximum absolute atomic E-state index is 12.9. The first-order valence-corrected chi connectivity index (χ1v) is 6.17. The number of hydrogen-bond acceptors (Lipinski definition) is 1. The zero-order chi connectivity index (χ0) is 12.0. The third kappa shape index (κ3) is 3.60. The highest BCUT2D eigenvalue weighted by atomic mass is 19.1. The highest BCUT2D eigenvalue weighted by Crippen LogP contribution is 2.25. The van der Waals surface area contributed by atoms with E-state index in [1.807, 2.05) is 12.1 Å². The zero-order valence-corrected chi connectivity index (χ0v) is 10.5. The molecule has 1 rings (SSSR count). The summed E-state index contributed by atoms with van der Waals surface area (Å²) in [5, 5.41) is 3.48. The summed E-state index contributed by atoms with van der Waals surface area (Å²) in [5.74, 6) is 0.414. The van der Waals surface area contributed by atoms with Gasteiger partial charge >= 0.3 is 0 Å². The number of rotatable bonds is 6. The van der Waals surface area contributed by atoms with Crippen LogP contribution in [0.15, 0.2) is 24.3 Å². The van der Waals surface area contributed by atoms with E-state index in [0.717, 1.165) is 6.54 Å². The van der Waals surface area contributed by atoms with Gasteiger partial charge in [-0.25, -0.2) is 4.39 Å². The van der Waals surface area contributed by atoms with Crippen LogP contribution in [0.25, 0.3) is 0 Å². The zero-order valence-electron chi connectivity index (χ0n) is 10.5. The van der Waals surface area contributed by atoms with Crippen LogP contribution in [0.4, 0.5) is 4.39 Å². The summed E-state index contributed by atoms with van der Waals surface area (Å²) in [6.45, 7) is 7.50. The minimum Gasteiger partial charge on any atom is -0.310 e. The second-order valence-electron chi connectivity index (χ2n) is 4.35. The SMILES string of the molecule is CCCC(C)C(NCC)c1ccc(F)cc1. The Balaban J connectivity index is 2.79. The van der Waals surface area contributed by atoms with Crippen molar-refractivity contribution in [3.63, 3.8) is 0 Å². The summed E-state index contributed by atoms with van der Waals surface area (Å²) in [5.41, 5.74) is 1.18. The lowest BCUT2D eigenvalue weighted by molar-refractivity contribution is 0.369. The molecule has 0 amide bonds. The molecule has 2 atom stereocenters. The van der Waals surface area contributed by atoms with Gasteiger partial charge in [0.15, 0.2) is 0 Å². The fourth-order valence-electron chi connectivity index (χ4n) is 2.16. The molecule has 1 aromatic carbocycles. The maximum Gasteiger partial charge on any atom is 0.123 e. The first-order chi connectivity index (χ1) is 7.69. The largest absolute Gasteiger partial charge is 0.310 e. The molecule has 16 heavy (non-hydrogen) atoms. The van der Waals surface area contributed by atoms with Crippen molar-refractivity contribution in [2.75, 3.05) is 6.54 Å². The molecule has 1 nitrogen and oxygen atoms in total. The molecule has 0 saturated heterocycles. The van der Waals surface area contributed by atoms with Gasteiger partial charge in [-0.1, -0.05) is 39.3 Å². The molecule has 2 unspecified atom stereocenters.